The maximum Gasteiger partial charge on any atom is 0.273 e. The Morgan fingerprint density at radius 1 is 0.931 bits per heavy atom. The Morgan fingerprint density at radius 2 is 1.62 bits per heavy atom. The predicted molar refractivity (Wildman–Crippen MR) is 109 cm³/mol. The van der Waals surface area contributed by atoms with Crippen molar-refractivity contribution < 1.29 is 18.7 Å². The fraction of sp³-hybridized carbons (Fsp3) is 0.0455. The van der Waals surface area contributed by atoms with E-state index in [9.17, 15) is 14.0 Å². The van der Waals surface area contributed by atoms with Crippen molar-refractivity contribution in [2.45, 2.75) is 0 Å². The Balaban J connectivity index is 1.72. The molecule has 7 heteroatoms. The zero-order valence-corrected chi connectivity index (χ0v) is 15.6. The lowest BCUT2D eigenvalue weighted by Gasteiger charge is -2.10. The number of halogens is 1. The third-order valence-electron chi connectivity index (χ3n) is 4.03. The van der Waals surface area contributed by atoms with Crippen LogP contribution in [0.3, 0.4) is 0 Å². The Kier molecular flexibility index (Phi) is 6.32. The van der Waals surface area contributed by atoms with Gasteiger partial charge in [-0.25, -0.2) is 9.82 Å². The highest BCUT2D eigenvalue weighted by Gasteiger charge is 2.14. The number of para-hydroxylation sites is 2. The number of amides is 2. The first-order valence-electron chi connectivity index (χ1n) is 8.71. The number of nitrogens with one attached hydrogen (secondary N) is 2. The quantitative estimate of drug-likeness (QED) is 0.495. The largest absolute Gasteiger partial charge is 0.496 e. The topological polar surface area (TPSA) is 79.8 Å². The molecule has 6 nitrogen and oxygen atoms in total. The van der Waals surface area contributed by atoms with Crippen molar-refractivity contribution in [2.75, 3.05) is 12.4 Å². The van der Waals surface area contributed by atoms with E-state index in [0.717, 1.165) is 0 Å². The zero-order chi connectivity index (χ0) is 20.6. The van der Waals surface area contributed by atoms with Crippen LogP contribution < -0.4 is 15.5 Å². The van der Waals surface area contributed by atoms with Crippen LogP contribution in [-0.4, -0.2) is 25.1 Å². The Bertz CT molecular complexity index is 1050. The summed E-state index contributed by atoms with van der Waals surface area (Å²) in [6.45, 7) is 0. The lowest BCUT2D eigenvalue weighted by molar-refractivity contribution is 0.0956. The Morgan fingerprint density at radius 3 is 2.38 bits per heavy atom. The summed E-state index contributed by atoms with van der Waals surface area (Å²) in [5, 5.41) is 6.62. The standard InChI is InChI=1S/C22H18FN3O3/c1-29-20-9-5-2-6-16(20)14-24-26-22(28)18-7-3-4-8-19(18)25-21(27)15-10-12-17(23)13-11-15/h2-14H,1H3,(H,25,27)(H,26,28). The molecule has 146 valence electrons. The number of carbonyl (C=O) groups is 2. The summed E-state index contributed by atoms with van der Waals surface area (Å²) in [6.07, 6.45) is 1.47. The van der Waals surface area contributed by atoms with E-state index in [-0.39, 0.29) is 11.1 Å². The van der Waals surface area contributed by atoms with Crippen LogP contribution in [-0.2, 0) is 0 Å². The van der Waals surface area contributed by atoms with Gasteiger partial charge in [-0.2, -0.15) is 5.10 Å². The number of anilines is 1. The van der Waals surface area contributed by atoms with Crippen molar-refractivity contribution in [3.63, 3.8) is 0 Å². The molecule has 0 aliphatic carbocycles. The van der Waals surface area contributed by atoms with E-state index in [2.05, 4.69) is 15.8 Å². The summed E-state index contributed by atoms with van der Waals surface area (Å²) in [5.74, 6) is -0.763. The maximum atomic E-state index is 13.0. The van der Waals surface area contributed by atoms with Crippen LogP contribution in [0, 0.1) is 5.82 Å². The van der Waals surface area contributed by atoms with Gasteiger partial charge < -0.3 is 10.1 Å². The van der Waals surface area contributed by atoms with Crippen molar-refractivity contribution in [1.82, 2.24) is 5.43 Å². The van der Waals surface area contributed by atoms with Crippen LogP contribution in [0.2, 0.25) is 0 Å². The fourth-order valence-corrected chi connectivity index (χ4v) is 2.58. The van der Waals surface area contributed by atoms with Gasteiger partial charge >= 0.3 is 0 Å². The van der Waals surface area contributed by atoms with E-state index < -0.39 is 17.6 Å². The molecule has 3 rings (SSSR count). The first-order valence-corrected chi connectivity index (χ1v) is 8.71. The molecule has 0 spiro atoms. The number of nitrogens with zero attached hydrogens (tertiary/aromatic N) is 1. The average Bonchev–Trinajstić information content (AvgIpc) is 2.74. The normalized spacial score (nSPS) is 10.6. The van der Waals surface area contributed by atoms with Gasteiger partial charge in [-0.05, 0) is 48.5 Å². The summed E-state index contributed by atoms with van der Waals surface area (Å²) in [7, 11) is 1.55. The molecule has 0 saturated carbocycles. The number of benzene rings is 3. The van der Waals surface area contributed by atoms with Crippen LogP contribution in [0.4, 0.5) is 10.1 Å². The number of ether oxygens (including phenoxy) is 1. The van der Waals surface area contributed by atoms with Gasteiger partial charge in [0.2, 0.25) is 0 Å². The van der Waals surface area contributed by atoms with E-state index >= 15 is 0 Å². The van der Waals surface area contributed by atoms with Crippen molar-refractivity contribution in [2.24, 2.45) is 5.10 Å². The maximum absolute atomic E-state index is 13.0. The monoisotopic (exact) mass is 391 g/mol. The van der Waals surface area contributed by atoms with Crippen LogP contribution in [0.1, 0.15) is 26.3 Å². The SMILES string of the molecule is COc1ccccc1C=NNC(=O)c1ccccc1NC(=O)c1ccc(F)cc1. The van der Waals surface area contributed by atoms with Crippen molar-refractivity contribution in [1.29, 1.82) is 0 Å². The number of hydrazone groups is 1. The minimum atomic E-state index is -0.494. The second-order valence-electron chi connectivity index (χ2n) is 5.95. The number of rotatable bonds is 6. The van der Waals surface area contributed by atoms with E-state index in [1.807, 2.05) is 12.1 Å². The molecular formula is C22H18FN3O3. The molecular weight excluding hydrogens is 373 g/mol. The molecule has 0 unspecified atom stereocenters. The Hall–Kier alpha value is -4.00. The molecule has 0 fully saturated rings. The van der Waals surface area contributed by atoms with Gasteiger partial charge in [0.05, 0.1) is 24.6 Å². The van der Waals surface area contributed by atoms with Gasteiger partial charge in [0, 0.05) is 11.1 Å². The van der Waals surface area contributed by atoms with Crippen molar-refractivity contribution >= 4 is 23.7 Å². The molecule has 0 atom stereocenters. The van der Waals surface area contributed by atoms with Gasteiger partial charge in [0.25, 0.3) is 11.8 Å². The van der Waals surface area contributed by atoms with Gasteiger partial charge in [-0.15, -0.1) is 0 Å². The molecule has 29 heavy (non-hydrogen) atoms. The second-order valence-corrected chi connectivity index (χ2v) is 5.95. The van der Waals surface area contributed by atoms with E-state index in [1.165, 1.54) is 30.5 Å². The smallest absolute Gasteiger partial charge is 0.273 e. The summed E-state index contributed by atoms with van der Waals surface area (Å²) in [6, 6.07) is 18.9. The zero-order valence-electron chi connectivity index (χ0n) is 15.6. The summed E-state index contributed by atoms with van der Waals surface area (Å²) < 4.78 is 18.3. The van der Waals surface area contributed by atoms with Crippen molar-refractivity contribution in [3.8, 4) is 5.75 Å². The highest BCUT2D eigenvalue weighted by atomic mass is 19.1. The molecule has 0 radical (unpaired) electrons. The Labute approximate surface area is 167 Å². The van der Waals surface area contributed by atoms with Crippen molar-refractivity contribution in [3.05, 3.63) is 95.3 Å². The summed E-state index contributed by atoms with van der Waals surface area (Å²) in [5.41, 5.74) is 3.96. The number of methoxy groups -OCH3 is 1. The summed E-state index contributed by atoms with van der Waals surface area (Å²) in [4.78, 5) is 24.9. The van der Waals surface area contributed by atoms with Crippen LogP contribution in [0.15, 0.2) is 77.9 Å². The molecule has 0 heterocycles. The minimum Gasteiger partial charge on any atom is -0.496 e. The van der Waals surface area contributed by atoms with Crippen LogP contribution in [0.25, 0.3) is 0 Å². The molecule has 0 bridgehead atoms. The third-order valence-corrected chi connectivity index (χ3v) is 4.03. The first-order chi connectivity index (χ1) is 14.1. The molecule has 3 aromatic carbocycles. The van der Waals surface area contributed by atoms with Gasteiger partial charge in [0.15, 0.2) is 0 Å². The van der Waals surface area contributed by atoms with Gasteiger partial charge in [0.1, 0.15) is 11.6 Å². The number of carbonyl (C=O) groups excluding carboxylic acids is 2. The van der Waals surface area contributed by atoms with E-state index in [1.54, 1.807) is 43.5 Å². The fourth-order valence-electron chi connectivity index (χ4n) is 2.58. The van der Waals surface area contributed by atoms with Gasteiger partial charge in [-0.1, -0.05) is 24.3 Å². The summed E-state index contributed by atoms with van der Waals surface area (Å²) >= 11 is 0. The number of hydrogen-bond acceptors (Lipinski definition) is 4. The molecule has 2 N–H and O–H groups in total. The highest BCUT2D eigenvalue weighted by Crippen LogP contribution is 2.17. The molecule has 0 aliphatic heterocycles. The molecule has 3 aromatic rings. The van der Waals surface area contributed by atoms with Crippen LogP contribution >= 0.6 is 0 Å². The van der Waals surface area contributed by atoms with Gasteiger partial charge in [-0.3, -0.25) is 9.59 Å². The highest BCUT2D eigenvalue weighted by molar-refractivity contribution is 6.09. The van der Waals surface area contributed by atoms with E-state index in [4.69, 9.17) is 4.74 Å². The predicted octanol–water partition coefficient (Wildman–Crippen LogP) is 3.85. The molecule has 2 amide bonds. The van der Waals surface area contributed by atoms with Crippen LogP contribution in [0.5, 0.6) is 5.75 Å². The third kappa shape index (κ3) is 5.04. The lowest BCUT2D eigenvalue weighted by atomic mass is 10.1. The molecule has 0 aromatic heterocycles. The first kappa shape index (κ1) is 19.8. The number of hydrogen-bond donors (Lipinski definition) is 2. The minimum absolute atomic E-state index is 0.236. The van der Waals surface area contributed by atoms with E-state index in [0.29, 0.717) is 17.0 Å². The average molecular weight is 391 g/mol. The second kappa shape index (κ2) is 9.27. The molecule has 0 saturated heterocycles. The lowest BCUT2D eigenvalue weighted by Crippen LogP contribution is -2.21. The molecule has 0 aliphatic rings.